The van der Waals surface area contributed by atoms with Gasteiger partial charge in [0.2, 0.25) is 5.56 Å². The summed E-state index contributed by atoms with van der Waals surface area (Å²) in [6.45, 7) is 0.942. The number of pyridine rings is 1. The number of rotatable bonds is 3. The topological polar surface area (TPSA) is 88.8 Å². The predicted molar refractivity (Wildman–Crippen MR) is 69.6 cm³/mol. The van der Waals surface area contributed by atoms with Crippen molar-refractivity contribution in [3.63, 3.8) is 0 Å². The number of amides is 1. The van der Waals surface area contributed by atoms with E-state index in [2.05, 4.69) is 0 Å². The molecule has 1 aliphatic heterocycles. The van der Waals surface area contributed by atoms with Gasteiger partial charge in [0.05, 0.1) is 31.2 Å². The molecular weight excluding hydrogens is 264 g/mol. The number of carboxylic acids is 1. The van der Waals surface area contributed by atoms with Gasteiger partial charge in [0.25, 0.3) is 5.91 Å². The summed E-state index contributed by atoms with van der Waals surface area (Å²) < 4.78 is 6.55. The summed E-state index contributed by atoms with van der Waals surface area (Å²) in [5.41, 5.74) is 0.162. The number of morpholine rings is 1. The zero-order valence-corrected chi connectivity index (χ0v) is 11.1. The second kappa shape index (κ2) is 5.87. The van der Waals surface area contributed by atoms with Crippen LogP contribution in [0.3, 0.4) is 0 Å². The predicted octanol–water partition coefficient (Wildman–Crippen LogP) is -0.299. The standard InChI is InChI=1S/C13H16N2O5/c1-14-7-9(2-3-11(14)16)13(19)15-4-5-20-8-10(15)6-12(17)18/h2-3,7,10H,4-6,8H2,1H3,(H,17,18). The molecule has 1 unspecified atom stereocenters. The van der Waals surface area contributed by atoms with Crippen LogP contribution in [0.5, 0.6) is 0 Å². The Morgan fingerprint density at radius 3 is 2.85 bits per heavy atom. The Morgan fingerprint density at radius 1 is 1.45 bits per heavy atom. The van der Waals surface area contributed by atoms with Crippen molar-refractivity contribution in [1.82, 2.24) is 9.47 Å². The van der Waals surface area contributed by atoms with Crippen LogP contribution in [0, 0.1) is 0 Å². The van der Waals surface area contributed by atoms with Crippen LogP contribution in [0.15, 0.2) is 23.1 Å². The Kier molecular flexibility index (Phi) is 4.19. The molecule has 0 saturated carbocycles. The third-order valence-electron chi connectivity index (χ3n) is 3.23. The van der Waals surface area contributed by atoms with Crippen LogP contribution in [0.4, 0.5) is 0 Å². The van der Waals surface area contributed by atoms with E-state index in [1.165, 1.54) is 27.8 Å². The fourth-order valence-electron chi connectivity index (χ4n) is 2.18. The van der Waals surface area contributed by atoms with E-state index in [9.17, 15) is 14.4 Å². The maximum Gasteiger partial charge on any atom is 0.305 e. The highest BCUT2D eigenvalue weighted by Crippen LogP contribution is 2.14. The van der Waals surface area contributed by atoms with Gasteiger partial charge in [-0.1, -0.05) is 0 Å². The lowest BCUT2D eigenvalue weighted by atomic mass is 10.1. The molecule has 1 fully saturated rings. The summed E-state index contributed by atoms with van der Waals surface area (Å²) in [5, 5.41) is 8.88. The van der Waals surface area contributed by atoms with Crippen LogP contribution >= 0.6 is 0 Å². The zero-order chi connectivity index (χ0) is 14.7. The number of aryl methyl sites for hydroxylation is 1. The number of ether oxygens (including phenoxy) is 1. The Bertz CT molecular complexity index is 580. The smallest absolute Gasteiger partial charge is 0.305 e. The molecule has 7 heteroatoms. The number of carbonyl (C=O) groups is 2. The molecule has 0 aliphatic carbocycles. The molecule has 1 N–H and O–H groups in total. The third kappa shape index (κ3) is 3.05. The molecule has 20 heavy (non-hydrogen) atoms. The molecule has 0 spiro atoms. The average molecular weight is 280 g/mol. The van der Waals surface area contributed by atoms with Gasteiger partial charge >= 0.3 is 5.97 Å². The second-order valence-corrected chi connectivity index (χ2v) is 4.69. The minimum absolute atomic E-state index is 0.155. The third-order valence-corrected chi connectivity index (χ3v) is 3.23. The van der Waals surface area contributed by atoms with E-state index >= 15 is 0 Å². The first-order chi connectivity index (χ1) is 9.49. The lowest BCUT2D eigenvalue weighted by Crippen LogP contribution is -2.49. The monoisotopic (exact) mass is 280 g/mol. The molecule has 1 saturated heterocycles. The first kappa shape index (κ1) is 14.3. The van der Waals surface area contributed by atoms with E-state index in [4.69, 9.17) is 9.84 Å². The van der Waals surface area contributed by atoms with Gasteiger partial charge in [0, 0.05) is 25.9 Å². The maximum atomic E-state index is 12.4. The number of nitrogens with zero attached hydrogens (tertiary/aromatic N) is 2. The molecule has 0 bridgehead atoms. The summed E-state index contributed by atoms with van der Waals surface area (Å²) in [7, 11) is 1.56. The van der Waals surface area contributed by atoms with Crippen LogP contribution in [0.1, 0.15) is 16.8 Å². The zero-order valence-electron chi connectivity index (χ0n) is 11.1. The van der Waals surface area contributed by atoms with Gasteiger partial charge in [0.1, 0.15) is 0 Å². The van der Waals surface area contributed by atoms with E-state index in [0.717, 1.165) is 0 Å². The van der Waals surface area contributed by atoms with Crippen molar-refractivity contribution in [2.75, 3.05) is 19.8 Å². The number of aromatic nitrogens is 1. The first-order valence-electron chi connectivity index (χ1n) is 6.26. The van der Waals surface area contributed by atoms with Crippen molar-refractivity contribution in [2.45, 2.75) is 12.5 Å². The van der Waals surface area contributed by atoms with E-state index in [1.807, 2.05) is 0 Å². The normalized spacial score (nSPS) is 18.9. The van der Waals surface area contributed by atoms with Gasteiger partial charge in [-0.3, -0.25) is 14.4 Å². The summed E-state index contributed by atoms with van der Waals surface area (Å²) in [5.74, 6) is -1.26. The summed E-state index contributed by atoms with van der Waals surface area (Å²) in [4.78, 5) is 36.1. The second-order valence-electron chi connectivity index (χ2n) is 4.69. The maximum absolute atomic E-state index is 12.4. The molecular formula is C13H16N2O5. The van der Waals surface area contributed by atoms with Crippen molar-refractivity contribution in [2.24, 2.45) is 7.05 Å². The van der Waals surface area contributed by atoms with Crippen molar-refractivity contribution < 1.29 is 19.4 Å². The average Bonchev–Trinajstić information content (AvgIpc) is 2.41. The molecule has 2 rings (SSSR count). The minimum atomic E-state index is -0.973. The molecule has 1 amide bonds. The van der Waals surface area contributed by atoms with Crippen LogP contribution in [0.2, 0.25) is 0 Å². The molecule has 2 heterocycles. The molecule has 7 nitrogen and oxygen atoms in total. The van der Waals surface area contributed by atoms with E-state index in [1.54, 1.807) is 7.05 Å². The highest BCUT2D eigenvalue weighted by molar-refractivity contribution is 5.94. The molecule has 0 aromatic carbocycles. The fraction of sp³-hybridized carbons (Fsp3) is 0.462. The summed E-state index contributed by atoms with van der Waals surface area (Å²) in [6.07, 6.45) is 1.30. The van der Waals surface area contributed by atoms with Gasteiger partial charge in [-0.15, -0.1) is 0 Å². The number of carboxylic acid groups (broad SMARTS) is 1. The highest BCUT2D eigenvalue weighted by atomic mass is 16.5. The number of hydrogen-bond donors (Lipinski definition) is 1. The van der Waals surface area contributed by atoms with E-state index < -0.39 is 12.0 Å². The SMILES string of the molecule is Cn1cc(C(=O)N2CCOCC2CC(=O)O)ccc1=O. The number of carbonyl (C=O) groups excluding carboxylic acids is 1. The number of aliphatic carboxylic acids is 1. The van der Waals surface area contributed by atoms with Crippen LogP contribution < -0.4 is 5.56 Å². The first-order valence-corrected chi connectivity index (χ1v) is 6.26. The Labute approximate surface area is 115 Å². The largest absolute Gasteiger partial charge is 0.481 e. The fourth-order valence-corrected chi connectivity index (χ4v) is 2.18. The van der Waals surface area contributed by atoms with Crippen LogP contribution in [0.25, 0.3) is 0 Å². The quantitative estimate of drug-likeness (QED) is 0.821. The van der Waals surface area contributed by atoms with Gasteiger partial charge in [0.15, 0.2) is 0 Å². The van der Waals surface area contributed by atoms with Gasteiger partial charge in [-0.2, -0.15) is 0 Å². The van der Waals surface area contributed by atoms with Gasteiger partial charge in [-0.25, -0.2) is 0 Å². The Hall–Kier alpha value is -2.15. The lowest BCUT2D eigenvalue weighted by molar-refractivity contribution is -0.139. The molecule has 0 radical (unpaired) electrons. The van der Waals surface area contributed by atoms with Crippen LogP contribution in [-0.2, 0) is 16.6 Å². The molecule has 108 valence electrons. The highest BCUT2D eigenvalue weighted by Gasteiger charge is 2.29. The van der Waals surface area contributed by atoms with Crippen molar-refractivity contribution >= 4 is 11.9 Å². The summed E-state index contributed by atoms with van der Waals surface area (Å²) >= 11 is 0. The van der Waals surface area contributed by atoms with Gasteiger partial charge < -0.3 is 19.3 Å². The molecule has 1 aliphatic rings. The Balaban J connectivity index is 2.22. The minimum Gasteiger partial charge on any atom is -0.481 e. The molecule has 1 aromatic rings. The van der Waals surface area contributed by atoms with E-state index in [-0.39, 0.29) is 24.5 Å². The van der Waals surface area contributed by atoms with Crippen LogP contribution in [-0.4, -0.2) is 52.3 Å². The van der Waals surface area contributed by atoms with Crippen molar-refractivity contribution in [3.8, 4) is 0 Å². The lowest BCUT2D eigenvalue weighted by Gasteiger charge is -2.34. The molecule has 1 aromatic heterocycles. The number of hydrogen-bond acceptors (Lipinski definition) is 4. The van der Waals surface area contributed by atoms with Crippen molar-refractivity contribution in [1.29, 1.82) is 0 Å². The van der Waals surface area contributed by atoms with Crippen molar-refractivity contribution in [3.05, 3.63) is 34.2 Å². The van der Waals surface area contributed by atoms with E-state index in [0.29, 0.717) is 18.7 Å². The summed E-state index contributed by atoms with van der Waals surface area (Å²) in [6, 6.07) is 2.30. The Morgan fingerprint density at radius 2 is 2.20 bits per heavy atom. The molecule has 1 atom stereocenters. The van der Waals surface area contributed by atoms with Gasteiger partial charge in [-0.05, 0) is 6.07 Å².